The first-order valence-corrected chi connectivity index (χ1v) is 8.21. The van der Waals surface area contributed by atoms with Crippen LogP contribution in [0.15, 0.2) is 36.4 Å². The van der Waals surface area contributed by atoms with Crippen molar-refractivity contribution in [3.8, 4) is 5.75 Å². The Hall–Kier alpha value is -1.75. The fraction of sp³-hybridized carbons (Fsp3) is 0.278. The van der Waals surface area contributed by atoms with Crippen molar-refractivity contribution in [2.45, 2.75) is 13.5 Å². The molecule has 128 valence electrons. The van der Waals surface area contributed by atoms with Crippen LogP contribution in [-0.4, -0.2) is 31.5 Å². The third-order valence-electron chi connectivity index (χ3n) is 3.53. The number of halogens is 2. The molecule has 1 amide bonds. The zero-order valence-electron chi connectivity index (χ0n) is 13.9. The molecule has 0 aromatic heterocycles. The monoisotopic (exact) mass is 366 g/mol. The molecule has 4 nitrogen and oxygen atoms in total. The van der Waals surface area contributed by atoms with Crippen LogP contribution in [0.5, 0.6) is 5.75 Å². The summed E-state index contributed by atoms with van der Waals surface area (Å²) in [6, 6.07) is 11.1. The number of ether oxygens (including phenoxy) is 1. The third kappa shape index (κ3) is 5.13. The van der Waals surface area contributed by atoms with Gasteiger partial charge in [-0.25, -0.2) is 0 Å². The molecule has 0 radical (unpaired) electrons. The number of likely N-dealkylation sites (N-methyl/N-ethyl adjacent to an activating group) is 1. The Morgan fingerprint density at radius 2 is 1.88 bits per heavy atom. The Kier molecular flexibility index (Phi) is 6.49. The molecule has 1 N–H and O–H groups in total. The van der Waals surface area contributed by atoms with Crippen LogP contribution >= 0.6 is 23.2 Å². The van der Waals surface area contributed by atoms with Crippen LogP contribution in [0.25, 0.3) is 0 Å². The summed E-state index contributed by atoms with van der Waals surface area (Å²) in [6.45, 7) is 2.79. The van der Waals surface area contributed by atoms with E-state index in [-0.39, 0.29) is 12.5 Å². The Morgan fingerprint density at radius 3 is 2.50 bits per heavy atom. The number of hydrogen-bond acceptors (Lipinski definition) is 3. The Labute approximate surface area is 152 Å². The van der Waals surface area contributed by atoms with Crippen molar-refractivity contribution in [3.63, 3.8) is 0 Å². The van der Waals surface area contributed by atoms with Gasteiger partial charge in [0.2, 0.25) is 5.91 Å². The highest BCUT2D eigenvalue weighted by Crippen LogP contribution is 2.30. The van der Waals surface area contributed by atoms with Crippen molar-refractivity contribution in [1.82, 2.24) is 4.90 Å². The lowest BCUT2D eigenvalue weighted by Gasteiger charge is -2.17. The Balaban J connectivity index is 1.97. The summed E-state index contributed by atoms with van der Waals surface area (Å²) in [7, 11) is 3.43. The van der Waals surface area contributed by atoms with E-state index in [1.807, 2.05) is 43.1 Å². The predicted molar refractivity (Wildman–Crippen MR) is 99.2 cm³/mol. The number of carbonyl (C=O) groups is 1. The molecule has 0 saturated heterocycles. The molecule has 0 unspecified atom stereocenters. The molecule has 24 heavy (non-hydrogen) atoms. The molecule has 2 rings (SSSR count). The molecule has 0 atom stereocenters. The second-order valence-electron chi connectivity index (χ2n) is 5.65. The van der Waals surface area contributed by atoms with Gasteiger partial charge in [-0.3, -0.25) is 9.69 Å². The van der Waals surface area contributed by atoms with Crippen molar-refractivity contribution < 1.29 is 9.53 Å². The van der Waals surface area contributed by atoms with Gasteiger partial charge in [0.1, 0.15) is 5.75 Å². The average Bonchev–Trinajstić information content (AvgIpc) is 2.52. The number of rotatable bonds is 6. The number of nitrogens with one attached hydrogen (secondary N) is 1. The maximum Gasteiger partial charge on any atom is 0.238 e. The van der Waals surface area contributed by atoms with E-state index in [0.717, 1.165) is 11.1 Å². The number of hydrogen-bond donors (Lipinski definition) is 1. The highest BCUT2D eigenvalue weighted by Gasteiger charge is 2.12. The van der Waals surface area contributed by atoms with E-state index in [4.69, 9.17) is 27.9 Å². The number of methoxy groups -OCH3 is 1. The molecule has 0 heterocycles. The van der Waals surface area contributed by atoms with E-state index in [1.54, 1.807) is 19.2 Å². The van der Waals surface area contributed by atoms with Crippen molar-refractivity contribution in [1.29, 1.82) is 0 Å². The minimum atomic E-state index is -0.119. The Bertz CT molecular complexity index is 718. The summed E-state index contributed by atoms with van der Waals surface area (Å²) >= 11 is 12.0. The first-order valence-electron chi connectivity index (χ1n) is 7.46. The Morgan fingerprint density at radius 1 is 1.21 bits per heavy atom. The summed E-state index contributed by atoms with van der Waals surface area (Å²) < 4.78 is 5.27. The summed E-state index contributed by atoms with van der Waals surface area (Å²) in [5.74, 6) is 0.422. The van der Waals surface area contributed by atoms with E-state index >= 15 is 0 Å². The summed E-state index contributed by atoms with van der Waals surface area (Å²) in [5, 5.41) is 4.17. The quantitative estimate of drug-likeness (QED) is 0.824. The largest absolute Gasteiger partial charge is 0.495 e. The molecule has 0 bridgehead atoms. The van der Waals surface area contributed by atoms with Crippen LogP contribution in [0.2, 0.25) is 10.0 Å². The minimum absolute atomic E-state index is 0.119. The first-order chi connectivity index (χ1) is 11.4. The lowest BCUT2D eigenvalue weighted by atomic mass is 10.2. The summed E-state index contributed by atoms with van der Waals surface area (Å²) in [6.07, 6.45) is 0. The normalized spacial score (nSPS) is 10.8. The maximum atomic E-state index is 12.3. The van der Waals surface area contributed by atoms with Gasteiger partial charge in [0.25, 0.3) is 0 Å². The van der Waals surface area contributed by atoms with Crippen LogP contribution in [-0.2, 0) is 11.3 Å². The van der Waals surface area contributed by atoms with Crippen LogP contribution in [0.3, 0.4) is 0 Å². The predicted octanol–water partition coefficient (Wildman–Crippen LogP) is 4.38. The molecule has 0 saturated carbocycles. The number of carbonyl (C=O) groups excluding carboxylic acids is 1. The van der Waals surface area contributed by atoms with E-state index in [0.29, 0.717) is 28.0 Å². The minimum Gasteiger partial charge on any atom is -0.495 e. The van der Waals surface area contributed by atoms with Gasteiger partial charge in [-0.2, -0.15) is 0 Å². The summed E-state index contributed by atoms with van der Waals surface area (Å²) in [4.78, 5) is 14.2. The highest BCUT2D eigenvalue weighted by molar-refractivity contribution is 6.31. The zero-order valence-corrected chi connectivity index (χ0v) is 15.4. The van der Waals surface area contributed by atoms with Crippen molar-refractivity contribution in [2.24, 2.45) is 0 Å². The molecule has 0 aliphatic rings. The number of nitrogens with zero attached hydrogens (tertiary/aromatic N) is 1. The van der Waals surface area contributed by atoms with Gasteiger partial charge in [-0.05, 0) is 43.3 Å². The number of aryl methyl sites for hydroxylation is 1. The lowest BCUT2D eigenvalue weighted by Crippen LogP contribution is -2.30. The van der Waals surface area contributed by atoms with Gasteiger partial charge in [-0.1, -0.05) is 35.3 Å². The third-order valence-corrected chi connectivity index (χ3v) is 4.19. The average molecular weight is 367 g/mol. The molecule has 0 fully saturated rings. The van der Waals surface area contributed by atoms with Gasteiger partial charge in [0, 0.05) is 22.7 Å². The van der Waals surface area contributed by atoms with Gasteiger partial charge in [-0.15, -0.1) is 0 Å². The van der Waals surface area contributed by atoms with Gasteiger partial charge < -0.3 is 10.1 Å². The van der Waals surface area contributed by atoms with Crippen LogP contribution in [0.1, 0.15) is 11.1 Å². The second kappa shape index (κ2) is 8.38. The van der Waals surface area contributed by atoms with Gasteiger partial charge in [0.15, 0.2) is 0 Å². The summed E-state index contributed by atoms with van der Waals surface area (Å²) in [5.41, 5.74) is 2.58. The lowest BCUT2D eigenvalue weighted by molar-refractivity contribution is -0.117. The molecule has 0 aliphatic heterocycles. The van der Waals surface area contributed by atoms with Crippen LogP contribution < -0.4 is 10.1 Å². The maximum absolute atomic E-state index is 12.3. The zero-order chi connectivity index (χ0) is 17.7. The van der Waals surface area contributed by atoms with Crippen molar-refractivity contribution in [2.75, 3.05) is 26.0 Å². The topological polar surface area (TPSA) is 41.6 Å². The SMILES string of the molecule is COc1cc(Cl)c(C)cc1NC(=O)CN(C)Cc1ccc(Cl)cc1. The molecule has 6 heteroatoms. The first kappa shape index (κ1) is 18.6. The molecule has 0 aliphatic carbocycles. The van der Waals surface area contributed by atoms with Crippen molar-refractivity contribution in [3.05, 3.63) is 57.6 Å². The highest BCUT2D eigenvalue weighted by atomic mass is 35.5. The smallest absolute Gasteiger partial charge is 0.238 e. The molecule has 0 spiro atoms. The fourth-order valence-corrected chi connectivity index (χ4v) is 2.60. The molecular weight excluding hydrogens is 347 g/mol. The second-order valence-corrected chi connectivity index (χ2v) is 6.49. The van der Waals surface area contributed by atoms with Gasteiger partial charge >= 0.3 is 0 Å². The van der Waals surface area contributed by atoms with Crippen molar-refractivity contribution >= 4 is 34.8 Å². The standard InChI is InChI=1S/C18H20Cl2N2O2/c1-12-8-16(17(24-3)9-15(12)20)21-18(23)11-22(2)10-13-4-6-14(19)7-5-13/h4-9H,10-11H2,1-3H3,(H,21,23). The van der Waals surface area contributed by atoms with E-state index in [2.05, 4.69) is 5.32 Å². The van der Waals surface area contributed by atoms with E-state index in [1.165, 1.54) is 0 Å². The number of benzene rings is 2. The molecular formula is C18H20Cl2N2O2. The fourth-order valence-electron chi connectivity index (χ4n) is 2.32. The number of amides is 1. The molecule has 2 aromatic carbocycles. The van der Waals surface area contributed by atoms with E-state index < -0.39 is 0 Å². The van der Waals surface area contributed by atoms with Gasteiger partial charge in [0.05, 0.1) is 19.3 Å². The molecule has 2 aromatic rings. The van der Waals surface area contributed by atoms with Crippen LogP contribution in [0.4, 0.5) is 5.69 Å². The van der Waals surface area contributed by atoms with E-state index in [9.17, 15) is 4.79 Å². The number of anilines is 1. The van der Waals surface area contributed by atoms with Crippen LogP contribution in [0, 0.1) is 6.92 Å².